The van der Waals surface area contributed by atoms with Crippen molar-refractivity contribution in [1.29, 1.82) is 0 Å². The molecule has 0 aromatic carbocycles. The predicted molar refractivity (Wildman–Crippen MR) is 91.8 cm³/mol. The number of allylic oxidation sites excluding steroid dienone is 1. The summed E-state index contributed by atoms with van der Waals surface area (Å²) in [6.07, 6.45) is 6.54. The standard InChI is InChI=1S/C21H28O4/c1-11(22)21-17(25-21)9-15-14-5-4-12-8-13(23)6-7-19(12,2)18(14)16(24)10-20(15,21)3/h8,14-18,24H,4-7,9-10H2,1-3H3. The van der Waals surface area contributed by atoms with E-state index in [1.165, 1.54) is 5.57 Å². The third kappa shape index (κ3) is 1.71. The fraction of sp³-hybridized carbons (Fsp3) is 0.810. The number of fused-ring (bicyclic) bond motifs is 7. The molecule has 25 heavy (non-hydrogen) atoms. The van der Waals surface area contributed by atoms with Crippen molar-refractivity contribution in [2.24, 2.45) is 28.6 Å². The molecular formula is C21H28O4. The Labute approximate surface area is 149 Å². The average Bonchev–Trinajstić information content (AvgIpc) is 3.22. The minimum Gasteiger partial charge on any atom is -0.393 e. The Balaban J connectivity index is 1.56. The second-order valence-corrected chi connectivity index (χ2v) is 9.71. The largest absolute Gasteiger partial charge is 0.393 e. The van der Waals surface area contributed by atoms with Gasteiger partial charge in [0.25, 0.3) is 0 Å². The van der Waals surface area contributed by atoms with Crippen LogP contribution in [0.1, 0.15) is 59.3 Å². The zero-order valence-corrected chi connectivity index (χ0v) is 15.4. The lowest BCUT2D eigenvalue weighted by molar-refractivity contribution is -0.158. The molecule has 5 aliphatic rings. The van der Waals surface area contributed by atoms with Gasteiger partial charge in [-0.25, -0.2) is 0 Å². The molecule has 0 aromatic heterocycles. The zero-order valence-electron chi connectivity index (χ0n) is 15.4. The molecular weight excluding hydrogens is 316 g/mol. The molecule has 0 amide bonds. The monoisotopic (exact) mass is 344 g/mol. The van der Waals surface area contributed by atoms with E-state index in [4.69, 9.17) is 4.74 Å². The van der Waals surface area contributed by atoms with Gasteiger partial charge < -0.3 is 9.84 Å². The molecule has 1 N–H and O–H groups in total. The van der Waals surface area contributed by atoms with Crippen LogP contribution in [0, 0.1) is 28.6 Å². The molecule has 0 radical (unpaired) electrons. The average molecular weight is 344 g/mol. The number of aliphatic hydroxyl groups excluding tert-OH is 1. The van der Waals surface area contributed by atoms with Gasteiger partial charge in [0.15, 0.2) is 17.2 Å². The van der Waals surface area contributed by atoms with E-state index in [-0.39, 0.29) is 34.4 Å². The second kappa shape index (κ2) is 4.64. The lowest BCUT2D eigenvalue weighted by Gasteiger charge is -2.60. The van der Waals surface area contributed by atoms with Crippen LogP contribution in [0.25, 0.3) is 0 Å². The van der Waals surface area contributed by atoms with Gasteiger partial charge in [-0.2, -0.15) is 0 Å². The molecule has 0 bridgehead atoms. The van der Waals surface area contributed by atoms with E-state index in [0.717, 1.165) is 25.7 Å². The third-order valence-electron chi connectivity index (χ3n) is 8.85. The Morgan fingerprint density at radius 1 is 1.32 bits per heavy atom. The summed E-state index contributed by atoms with van der Waals surface area (Å²) < 4.78 is 5.93. The van der Waals surface area contributed by atoms with Gasteiger partial charge in [0, 0.05) is 11.8 Å². The molecule has 1 heterocycles. The third-order valence-corrected chi connectivity index (χ3v) is 8.85. The molecule has 1 saturated heterocycles. The summed E-state index contributed by atoms with van der Waals surface area (Å²) in [5.41, 5.74) is 0.317. The number of carbonyl (C=O) groups is 2. The quantitative estimate of drug-likeness (QED) is 0.743. The van der Waals surface area contributed by atoms with Gasteiger partial charge in [0.2, 0.25) is 0 Å². The molecule has 136 valence electrons. The maximum atomic E-state index is 12.4. The van der Waals surface area contributed by atoms with Crippen LogP contribution in [0.3, 0.4) is 0 Å². The highest BCUT2D eigenvalue weighted by molar-refractivity contribution is 5.92. The highest BCUT2D eigenvalue weighted by atomic mass is 16.6. The van der Waals surface area contributed by atoms with Crippen LogP contribution in [0.15, 0.2) is 11.6 Å². The number of epoxide rings is 1. The van der Waals surface area contributed by atoms with E-state index in [1.807, 2.05) is 6.08 Å². The van der Waals surface area contributed by atoms with E-state index in [0.29, 0.717) is 24.7 Å². The summed E-state index contributed by atoms with van der Waals surface area (Å²) >= 11 is 0. The van der Waals surface area contributed by atoms with Crippen molar-refractivity contribution in [3.63, 3.8) is 0 Å². The van der Waals surface area contributed by atoms with E-state index in [2.05, 4.69) is 13.8 Å². The predicted octanol–water partition coefficient (Wildman–Crippen LogP) is 2.83. The van der Waals surface area contributed by atoms with Crippen LogP contribution >= 0.6 is 0 Å². The Morgan fingerprint density at radius 3 is 2.80 bits per heavy atom. The van der Waals surface area contributed by atoms with Crippen molar-refractivity contribution in [2.45, 2.75) is 77.1 Å². The maximum absolute atomic E-state index is 12.4. The van der Waals surface area contributed by atoms with Gasteiger partial charge in [0.1, 0.15) is 0 Å². The molecule has 8 atom stereocenters. The van der Waals surface area contributed by atoms with Crippen molar-refractivity contribution < 1.29 is 19.4 Å². The van der Waals surface area contributed by atoms with Crippen molar-refractivity contribution in [3.8, 4) is 0 Å². The number of Topliss-reactive ketones (excluding diaryl/α,β-unsaturated/α-hetero) is 1. The van der Waals surface area contributed by atoms with Crippen LogP contribution < -0.4 is 0 Å². The minimum atomic E-state index is -0.636. The lowest BCUT2D eigenvalue weighted by atomic mass is 9.45. The first-order valence-electron chi connectivity index (χ1n) is 9.85. The molecule has 4 aliphatic carbocycles. The first kappa shape index (κ1) is 16.2. The van der Waals surface area contributed by atoms with Gasteiger partial charge in [-0.05, 0) is 68.3 Å². The molecule has 1 aliphatic heterocycles. The smallest absolute Gasteiger partial charge is 0.164 e. The topological polar surface area (TPSA) is 66.9 Å². The Hall–Kier alpha value is -1.00. The number of carbonyl (C=O) groups excluding carboxylic acids is 2. The maximum Gasteiger partial charge on any atom is 0.164 e. The summed E-state index contributed by atoms with van der Waals surface area (Å²) in [4.78, 5) is 24.3. The SMILES string of the molecule is CC(=O)C12OC1CC1C3CCC4=CC(=O)CCC4(C)C3C(O)CC12C. The normalized spacial score (nSPS) is 56.2. The van der Waals surface area contributed by atoms with E-state index >= 15 is 0 Å². The van der Waals surface area contributed by atoms with Crippen molar-refractivity contribution in [2.75, 3.05) is 0 Å². The van der Waals surface area contributed by atoms with Crippen molar-refractivity contribution >= 4 is 11.6 Å². The summed E-state index contributed by atoms with van der Waals surface area (Å²) in [5.74, 6) is 1.46. The van der Waals surface area contributed by atoms with Gasteiger partial charge >= 0.3 is 0 Å². The molecule has 0 spiro atoms. The van der Waals surface area contributed by atoms with Gasteiger partial charge in [-0.1, -0.05) is 19.4 Å². The van der Waals surface area contributed by atoms with Crippen LogP contribution in [-0.2, 0) is 14.3 Å². The second-order valence-electron chi connectivity index (χ2n) is 9.71. The number of ketones is 2. The summed E-state index contributed by atoms with van der Waals surface area (Å²) in [6.45, 7) is 6.10. The van der Waals surface area contributed by atoms with Crippen LogP contribution in [0.4, 0.5) is 0 Å². The van der Waals surface area contributed by atoms with E-state index < -0.39 is 11.7 Å². The molecule has 4 heteroatoms. The highest BCUT2D eigenvalue weighted by Crippen LogP contribution is 2.73. The fourth-order valence-electron chi connectivity index (χ4n) is 7.75. The Bertz CT molecular complexity index is 711. The highest BCUT2D eigenvalue weighted by Gasteiger charge is 2.80. The first-order valence-corrected chi connectivity index (χ1v) is 9.85. The Morgan fingerprint density at radius 2 is 2.08 bits per heavy atom. The van der Waals surface area contributed by atoms with Gasteiger partial charge in [-0.3, -0.25) is 9.59 Å². The number of rotatable bonds is 1. The fourth-order valence-corrected chi connectivity index (χ4v) is 7.75. The molecule has 0 aromatic rings. The van der Waals surface area contributed by atoms with E-state index in [9.17, 15) is 14.7 Å². The van der Waals surface area contributed by atoms with Crippen LogP contribution in [-0.4, -0.2) is 34.5 Å². The summed E-state index contributed by atoms with van der Waals surface area (Å²) in [6, 6.07) is 0. The van der Waals surface area contributed by atoms with Crippen molar-refractivity contribution in [3.05, 3.63) is 11.6 Å². The molecule has 4 nitrogen and oxygen atoms in total. The van der Waals surface area contributed by atoms with Crippen LogP contribution in [0.5, 0.6) is 0 Å². The lowest BCUT2D eigenvalue weighted by Crippen LogP contribution is -2.59. The number of ether oxygens (including phenoxy) is 1. The van der Waals surface area contributed by atoms with Gasteiger partial charge in [-0.15, -0.1) is 0 Å². The zero-order chi connectivity index (χ0) is 17.8. The Kier molecular flexibility index (Phi) is 3.00. The number of aliphatic hydroxyl groups is 1. The number of hydrogen-bond acceptors (Lipinski definition) is 4. The summed E-state index contributed by atoms with van der Waals surface area (Å²) in [7, 11) is 0. The summed E-state index contributed by atoms with van der Waals surface area (Å²) in [5, 5.41) is 11.2. The number of hydrogen-bond donors (Lipinski definition) is 1. The molecule has 3 saturated carbocycles. The molecule has 4 fully saturated rings. The van der Waals surface area contributed by atoms with E-state index in [1.54, 1.807) is 6.92 Å². The van der Waals surface area contributed by atoms with Crippen LogP contribution in [0.2, 0.25) is 0 Å². The molecule has 8 unspecified atom stereocenters. The first-order chi connectivity index (χ1) is 11.7. The van der Waals surface area contributed by atoms with Crippen molar-refractivity contribution in [1.82, 2.24) is 0 Å². The van der Waals surface area contributed by atoms with Gasteiger partial charge in [0.05, 0.1) is 12.2 Å². The molecule has 5 rings (SSSR count). The minimum absolute atomic E-state index is 0.0589.